The van der Waals surface area contributed by atoms with Crippen LogP contribution in [0, 0.1) is 27.6 Å². The standard InChI is InChI=1S/C37H66N4O/c1-32(2,3)28-19-36(21-30(36)40(28)34(7,8)9)18-26-12-15-38(16-13-26)17-14-35(10,11)41-29(33(4,5)6)20-37(22-31(37)41)25-39-23-27(42)24-39/h26,28-31H,12-25H2,1-11H3/t28-,29-,30?,31+,36-,37-/m0/s1. The molecule has 4 aliphatic heterocycles. The maximum absolute atomic E-state index is 11.6. The number of carbonyl (C=O) groups excluding carboxylic acids is 1. The fourth-order valence-electron chi connectivity index (χ4n) is 10.6. The van der Waals surface area contributed by atoms with Crippen LogP contribution in [0.3, 0.4) is 0 Å². The van der Waals surface area contributed by atoms with E-state index in [1.165, 1.54) is 71.0 Å². The number of likely N-dealkylation sites (tertiary alicyclic amines) is 4. The van der Waals surface area contributed by atoms with Crippen molar-refractivity contribution in [2.24, 2.45) is 27.6 Å². The fraction of sp³-hybridized carbons (Fsp3) is 0.973. The van der Waals surface area contributed by atoms with Gasteiger partial charge in [-0.05, 0) is 128 Å². The van der Waals surface area contributed by atoms with Gasteiger partial charge in [-0.3, -0.25) is 19.5 Å². The molecule has 1 unspecified atom stereocenters. The van der Waals surface area contributed by atoms with Gasteiger partial charge in [-0.15, -0.1) is 0 Å². The zero-order valence-corrected chi connectivity index (χ0v) is 29.5. The van der Waals surface area contributed by atoms with Crippen LogP contribution in [0.2, 0.25) is 0 Å². The van der Waals surface area contributed by atoms with Gasteiger partial charge in [-0.25, -0.2) is 0 Å². The van der Waals surface area contributed by atoms with Crippen molar-refractivity contribution in [3.8, 4) is 0 Å². The number of rotatable bonds is 8. The average molecular weight is 583 g/mol. The summed E-state index contributed by atoms with van der Waals surface area (Å²) >= 11 is 0. The Morgan fingerprint density at radius 3 is 1.74 bits per heavy atom. The Hall–Kier alpha value is -0.490. The van der Waals surface area contributed by atoms with E-state index in [9.17, 15) is 4.79 Å². The third kappa shape index (κ3) is 5.69. The molecule has 6 atom stereocenters. The quantitative estimate of drug-likeness (QED) is 0.318. The number of piperidine rings is 3. The van der Waals surface area contributed by atoms with Crippen molar-refractivity contribution in [3.05, 3.63) is 0 Å². The van der Waals surface area contributed by atoms with Crippen LogP contribution in [-0.2, 0) is 4.79 Å². The minimum Gasteiger partial charge on any atom is -0.303 e. The first-order valence-corrected chi connectivity index (χ1v) is 17.8. The lowest BCUT2D eigenvalue weighted by atomic mass is 9.77. The Morgan fingerprint density at radius 2 is 1.21 bits per heavy atom. The van der Waals surface area contributed by atoms with Crippen molar-refractivity contribution in [1.82, 2.24) is 19.6 Å². The number of fused-ring (bicyclic) bond motifs is 2. The number of hydrogen-bond donors (Lipinski definition) is 0. The molecule has 6 fully saturated rings. The van der Waals surface area contributed by atoms with Gasteiger partial charge in [0.05, 0.1) is 13.1 Å². The first-order chi connectivity index (χ1) is 19.2. The van der Waals surface area contributed by atoms with Crippen molar-refractivity contribution in [2.45, 2.75) is 163 Å². The lowest BCUT2D eigenvalue weighted by Crippen LogP contribution is -2.54. The number of ketones is 1. The SMILES string of the molecule is CC(C)(C)[C@@H]1C[C@@]2(CC3CCN(CCC(C)(C)N4[C@H](C(C)(C)C)C[C@@]5(CN6CC(=O)C6)C[C@@H]45)CC3)CC2N1C(C)(C)C. The monoisotopic (exact) mass is 583 g/mol. The summed E-state index contributed by atoms with van der Waals surface area (Å²) in [6.07, 6.45) is 11.1. The number of Topliss-reactive ketones (excluding diaryl/α,β-unsaturated/α-hetero) is 1. The van der Waals surface area contributed by atoms with Crippen LogP contribution >= 0.6 is 0 Å². The maximum Gasteiger partial charge on any atom is 0.160 e. The molecule has 0 N–H and O–H groups in total. The summed E-state index contributed by atoms with van der Waals surface area (Å²) in [5.74, 6) is 1.35. The molecular formula is C37H66N4O. The molecule has 5 nitrogen and oxygen atoms in total. The van der Waals surface area contributed by atoms with E-state index < -0.39 is 0 Å². The molecule has 2 saturated carbocycles. The summed E-state index contributed by atoms with van der Waals surface area (Å²) in [6, 6.07) is 2.89. The van der Waals surface area contributed by atoms with Crippen LogP contribution in [0.1, 0.15) is 128 Å². The summed E-state index contributed by atoms with van der Waals surface area (Å²) in [6.45, 7) is 33.6. The molecule has 6 rings (SSSR count). The van der Waals surface area contributed by atoms with E-state index in [-0.39, 0.29) is 16.5 Å². The molecule has 0 aromatic rings. The van der Waals surface area contributed by atoms with Gasteiger partial charge >= 0.3 is 0 Å². The molecule has 0 radical (unpaired) electrons. The van der Waals surface area contributed by atoms with E-state index >= 15 is 0 Å². The molecule has 4 saturated heterocycles. The third-order valence-electron chi connectivity index (χ3n) is 13.1. The Morgan fingerprint density at radius 1 is 0.690 bits per heavy atom. The van der Waals surface area contributed by atoms with Gasteiger partial charge in [-0.1, -0.05) is 41.5 Å². The summed E-state index contributed by atoms with van der Waals surface area (Å²) in [4.78, 5) is 22.8. The lowest BCUT2D eigenvalue weighted by molar-refractivity contribution is -0.129. The van der Waals surface area contributed by atoms with Crippen LogP contribution < -0.4 is 0 Å². The summed E-state index contributed by atoms with van der Waals surface area (Å²) in [7, 11) is 0. The maximum atomic E-state index is 11.6. The zero-order chi connectivity index (χ0) is 30.7. The van der Waals surface area contributed by atoms with Crippen LogP contribution in [0.25, 0.3) is 0 Å². The molecule has 42 heavy (non-hydrogen) atoms. The topological polar surface area (TPSA) is 30.0 Å². The second-order valence-electron chi connectivity index (χ2n) is 20.1. The van der Waals surface area contributed by atoms with Crippen LogP contribution in [0.4, 0.5) is 0 Å². The first-order valence-electron chi connectivity index (χ1n) is 17.8. The third-order valence-corrected chi connectivity index (χ3v) is 13.1. The second kappa shape index (κ2) is 10.0. The molecular weight excluding hydrogens is 516 g/mol. The summed E-state index contributed by atoms with van der Waals surface area (Å²) in [5, 5.41) is 0. The highest BCUT2D eigenvalue weighted by molar-refractivity contribution is 5.87. The zero-order valence-electron chi connectivity index (χ0n) is 29.5. The van der Waals surface area contributed by atoms with Gasteiger partial charge in [-0.2, -0.15) is 0 Å². The van der Waals surface area contributed by atoms with Crippen LogP contribution in [0.5, 0.6) is 0 Å². The van der Waals surface area contributed by atoms with Gasteiger partial charge in [0.25, 0.3) is 0 Å². The minimum atomic E-state index is 0.213. The molecule has 0 bridgehead atoms. The highest BCUT2D eigenvalue weighted by Crippen LogP contribution is 2.67. The van der Waals surface area contributed by atoms with E-state index in [0.29, 0.717) is 47.2 Å². The summed E-state index contributed by atoms with van der Waals surface area (Å²) in [5.41, 5.74) is 2.17. The largest absolute Gasteiger partial charge is 0.303 e. The van der Waals surface area contributed by atoms with Gasteiger partial charge in [0, 0.05) is 47.2 Å². The average Bonchev–Trinajstić information content (AvgIpc) is 3.63. The molecule has 0 aromatic carbocycles. The Kier molecular flexibility index (Phi) is 7.50. The van der Waals surface area contributed by atoms with Crippen LogP contribution in [-0.4, -0.2) is 99.9 Å². The van der Waals surface area contributed by atoms with Crippen molar-refractivity contribution in [2.75, 3.05) is 39.3 Å². The molecule has 2 aliphatic carbocycles. The number of nitrogens with zero attached hydrogens (tertiary/aromatic N) is 4. The van der Waals surface area contributed by atoms with E-state index in [0.717, 1.165) is 24.5 Å². The van der Waals surface area contributed by atoms with Gasteiger partial charge in [0.15, 0.2) is 5.78 Å². The molecule has 240 valence electrons. The molecule has 6 aliphatic rings. The predicted molar refractivity (Wildman–Crippen MR) is 175 cm³/mol. The van der Waals surface area contributed by atoms with Crippen LogP contribution in [0.15, 0.2) is 0 Å². The lowest BCUT2D eigenvalue weighted by Gasteiger charge is -2.47. The highest BCUT2D eigenvalue weighted by Gasteiger charge is 2.69. The minimum absolute atomic E-state index is 0.213. The van der Waals surface area contributed by atoms with Gasteiger partial charge in [0.1, 0.15) is 0 Å². The van der Waals surface area contributed by atoms with E-state index in [1.54, 1.807) is 0 Å². The van der Waals surface area contributed by atoms with Gasteiger partial charge < -0.3 is 4.90 Å². The smallest absolute Gasteiger partial charge is 0.160 e. The highest BCUT2D eigenvalue weighted by atomic mass is 16.1. The second-order valence-corrected chi connectivity index (χ2v) is 20.1. The number of carbonyl (C=O) groups is 1. The van der Waals surface area contributed by atoms with Gasteiger partial charge in [0.2, 0.25) is 0 Å². The van der Waals surface area contributed by atoms with Crippen molar-refractivity contribution in [1.29, 1.82) is 0 Å². The van der Waals surface area contributed by atoms with E-state index in [2.05, 4.69) is 95.8 Å². The first kappa shape index (κ1) is 31.5. The predicted octanol–water partition coefficient (Wildman–Crippen LogP) is 6.70. The summed E-state index contributed by atoms with van der Waals surface area (Å²) < 4.78 is 0. The molecule has 0 amide bonds. The number of hydrogen-bond acceptors (Lipinski definition) is 5. The Labute approximate surface area is 259 Å². The molecule has 5 heteroatoms. The molecule has 0 spiro atoms. The molecule has 0 aromatic heterocycles. The fourth-order valence-corrected chi connectivity index (χ4v) is 10.6. The molecule has 4 heterocycles. The van der Waals surface area contributed by atoms with E-state index in [4.69, 9.17) is 0 Å². The van der Waals surface area contributed by atoms with Crippen molar-refractivity contribution < 1.29 is 4.79 Å². The van der Waals surface area contributed by atoms with Crippen molar-refractivity contribution in [3.63, 3.8) is 0 Å². The van der Waals surface area contributed by atoms with Crippen molar-refractivity contribution >= 4 is 5.78 Å². The Balaban J connectivity index is 1.02. The van der Waals surface area contributed by atoms with E-state index in [1.807, 2.05) is 0 Å². The normalized spacial score (nSPS) is 39.0. The Bertz CT molecular complexity index is 1030.